The standard InChI is InChI=1S/C20H21FN2O6S/c1-12(23-30(27,28)18-9-7-16(21)8-10-18)20(26)29-14(3)19(25)22-17-6-4-5-15(11-17)13(2)24/h4-12,14,23H,1-3H3,(H,22,25)/t12-,14+/m0/s1. The third kappa shape index (κ3) is 6.19. The SMILES string of the molecule is CC(=O)c1cccc(NC(=O)[C@@H](C)OC(=O)[C@H](C)NS(=O)(=O)c2ccc(F)cc2)c1. The molecule has 2 rings (SSSR count). The summed E-state index contributed by atoms with van der Waals surface area (Å²) in [5.41, 5.74) is 0.752. The van der Waals surface area contributed by atoms with E-state index in [0.29, 0.717) is 11.3 Å². The van der Waals surface area contributed by atoms with E-state index >= 15 is 0 Å². The highest BCUT2D eigenvalue weighted by molar-refractivity contribution is 7.89. The molecule has 0 bridgehead atoms. The highest BCUT2D eigenvalue weighted by Crippen LogP contribution is 2.13. The second-order valence-electron chi connectivity index (χ2n) is 6.50. The third-order valence-corrected chi connectivity index (χ3v) is 5.56. The number of carbonyl (C=O) groups excluding carboxylic acids is 3. The van der Waals surface area contributed by atoms with Crippen molar-refractivity contribution in [3.05, 3.63) is 59.9 Å². The molecule has 0 spiro atoms. The van der Waals surface area contributed by atoms with Crippen LogP contribution in [0.4, 0.5) is 10.1 Å². The predicted octanol–water partition coefficient (Wildman–Crippen LogP) is 2.27. The van der Waals surface area contributed by atoms with Gasteiger partial charge in [-0.05, 0) is 57.2 Å². The molecule has 0 saturated carbocycles. The molecule has 0 radical (unpaired) electrons. The topological polar surface area (TPSA) is 119 Å². The van der Waals surface area contributed by atoms with Gasteiger partial charge in [0.2, 0.25) is 10.0 Å². The lowest BCUT2D eigenvalue weighted by molar-refractivity contribution is -0.154. The number of esters is 1. The molecule has 2 aromatic rings. The fourth-order valence-corrected chi connectivity index (χ4v) is 3.54. The van der Waals surface area contributed by atoms with Gasteiger partial charge >= 0.3 is 5.97 Å². The molecular weight excluding hydrogens is 415 g/mol. The number of amides is 1. The van der Waals surface area contributed by atoms with Crippen molar-refractivity contribution >= 4 is 33.4 Å². The number of ketones is 1. The Morgan fingerprint density at radius 2 is 1.67 bits per heavy atom. The zero-order valence-corrected chi connectivity index (χ0v) is 17.3. The van der Waals surface area contributed by atoms with Crippen LogP contribution in [0.3, 0.4) is 0 Å². The van der Waals surface area contributed by atoms with E-state index in [1.54, 1.807) is 18.2 Å². The molecule has 2 aromatic carbocycles. The number of halogens is 1. The lowest BCUT2D eigenvalue weighted by atomic mass is 10.1. The van der Waals surface area contributed by atoms with Crippen molar-refractivity contribution in [2.45, 2.75) is 37.8 Å². The molecule has 2 atom stereocenters. The van der Waals surface area contributed by atoms with Crippen molar-refractivity contribution in [1.82, 2.24) is 4.72 Å². The fourth-order valence-electron chi connectivity index (χ4n) is 2.35. The van der Waals surface area contributed by atoms with E-state index in [-0.39, 0.29) is 10.7 Å². The van der Waals surface area contributed by atoms with Gasteiger partial charge in [-0.15, -0.1) is 0 Å². The Morgan fingerprint density at radius 3 is 2.27 bits per heavy atom. The summed E-state index contributed by atoms with van der Waals surface area (Å²) in [6.07, 6.45) is -1.23. The van der Waals surface area contributed by atoms with Crippen molar-refractivity contribution in [3.8, 4) is 0 Å². The number of sulfonamides is 1. The molecule has 10 heteroatoms. The first-order valence-electron chi connectivity index (χ1n) is 8.90. The van der Waals surface area contributed by atoms with E-state index in [0.717, 1.165) is 24.3 Å². The van der Waals surface area contributed by atoms with Crippen LogP contribution in [0.25, 0.3) is 0 Å². The lowest BCUT2D eigenvalue weighted by Crippen LogP contribution is -2.42. The van der Waals surface area contributed by atoms with Crippen LogP contribution < -0.4 is 10.0 Å². The van der Waals surface area contributed by atoms with Gasteiger partial charge < -0.3 is 10.1 Å². The normalized spacial score (nSPS) is 13.2. The molecule has 2 N–H and O–H groups in total. The maximum Gasteiger partial charge on any atom is 0.324 e. The first-order valence-corrected chi connectivity index (χ1v) is 10.4. The minimum absolute atomic E-state index is 0.173. The number of anilines is 1. The van der Waals surface area contributed by atoms with Gasteiger partial charge in [0.1, 0.15) is 11.9 Å². The monoisotopic (exact) mass is 436 g/mol. The van der Waals surface area contributed by atoms with E-state index in [9.17, 15) is 27.2 Å². The summed E-state index contributed by atoms with van der Waals surface area (Å²) in [6, 6.07) is 9.01. The van der Waals surface area contributed by atoms with E-state index in [1.807, 2.05) is 0 Å². The van der Waals surface area contributed by atoms with Gasteiger partial charge in [0.25, 0.3) is 5.91 Å². The molecule has 0 heterocycles. The minimum Gasteiger partial charge on any atom is -0.451 e. The Morgan fingerprint density at radius 1 is 1.03 bits per heavy atom. The Bertz CT molecular complexity index is 1050. The van der Waals surface area contributed by atoms with Crippen LogP contribution in [0.15, 0.2) is 53.4 Å². The van der Waals surface area contributed by atoms with Crippen molar-refractivity contribution in [2.24, 2.45) is 0 Å². The van der Waals surface area contributed by atoms with Gasteiger partial charge in [0.15, 0.2) is 11.9 Å². The van der Waals surface area contributed by atoms with Crippen LogP contribution >= 0.6 is 0 Å². The molecule has 0 aliphatic carbocycles. The van der Waals surface area contributed by atoms with Gasteiger partial charge in [-0.2, -0.15) is 4.72 Å². The number of carbonyl (C=O) groups is 3. The molecule has 0 aromatic heterocycles. The zero-order valence-electron chi connectivity index (χ0n) is 16.5. The van der Waals surface area contributed by atoms with E-state index in [4.69, 9.17) is 4.74 Å². The largest absolute Gasteiger partial charge is 0.451 e. The summed E-state index contributed by atoms with van der Waals surface area (Å²) in [6.45, 7) is 3.97. The number of hydrogen-bond acceptors (Lipinski definition) is 6. The van der Waals surface area contributed by atoms with Gasteiger partial charge in [-0.25, -0.2) is 12.8 Å². The van der Waals surface area contributed by atoms with Crippen LogP contribution in [0, 0.1) is 5.82 Å². The second-order valence-corrected chi connectivity index (χ2v) is 8.22. The van der Waals surface area contributed by atoms with Crippen LogP contribution in [0.2, 0.25) is 0 Å². The Hall–Kier alpha value is -3.11. The second kappa shape index (κ2) is 9.59. The average molecular weight is 436 g/mol. The highest BCUT2D eigenvalue weighted by Gasteiger charge is 2.26. The smallest absolute Gasteiger partial charge is 0.324 e. The summed E-state index contributed by atoms with van der Waals surface area (Å²) in [5, 5.41) is 2.52. The van der Waals surface area contributed by atoms with Crippen molar-refractivity contribution < 1.29 is 31.9 Å². The van der Waals surface area contributed by atoms with E-state index < -0.39 is 39.9 Å². The first-order chi connectivity index (χ1) is 14.0. The number of ether oxygens (including phenoxy) is 1. The van der Waals surface area contributed by atoms with Crippen molar-refractivity contribution in [1.29, 1.82) is 0 Å². The number of hydrogen-bond donors (Lipinski definition) is 2. The maximum atomic E-state index is 13.0. The number of Topliss-reactive ketones (excluding diaryl/α,β-unsaturated/α-hetero) is 1. The van der Waals surface area contributed by atoms with Crippen LogP contribution in [0.5, 0.6) is 0 Å². The van der Waals surface area contributed by atoms with Gasteiger partial charge in [-0.1, -0.05) is 12.1 Å². The number of rotatable bonds is 8. The first kappa shape index (κ1) is 23.2. The summed E-state index contributed by atoms with van der Waals surface area (Å²) in [5.74, 6) is -2.40. The molecule has 0 aliphatic heterocycles. The molecule has 30 heavy (non-hydrogen) atoms. The Labute approximate surface area is 173 Å². The lowest BCUT2D eigenvalue weighted by Gasteiger charge is -2.18. The van der Waals surface area contributed by atoms with Crippen LogP contribution in [-0.4, -0.2) is 38.2 Å². The van der Waals surface area contributed by atoms with E-state index in [1.165, 1.54) is 26.8 Å². The zero-order chi connectivity index (χ0) is 22.5. The van der Waals surface area contributed by atoms with Gasteiger partial charge in [-0.3, -0.25) is 14.4 Å². The summed E-state index contributed by atoms with van der Waals surface area (Å²) in [4.78, 5) is 35.6. The summed E-state index contributed by atoms with van der Waals surface area (Å²) in [7, 11) is -4.09. The molecule has 8 nitrogen and oxygen atoms in total. The summed E-state index contributed by atoms with van der Waals surface area (Å²) < 4.78 is 44.6. The van der Waals surface area contributed by atoms with Gasteiger partial charge in [0, 0.05) is 11.3 Å². The van der Waals surface area contributed by atoms with Crippen molar-refractivity contribution in [3.63, 3.8) is 0 Å². The molecule has 0 unspecified atom stereocenters. The number of nitrogens with one attached hydrogen (secondary N) is 2. The molecule has 0 aliphatic rings. The molecule has 0 fully saturated rings. The van der Waals surface area contributed by atoms with Crippen LogP contribution in [0.1, 0.15) is 31.1 Å². The molecule has 0 saturated heterocycles. The Kier molecular flexibility index (Phi) is 7.41. The fraction of sp³-hybridized carbons (Fsp3) is 0.250. The Balaban J connectivity index is 1.97. The number of benzene rings is 2. The summed E-state index contributed by atoms with van der Waals surface area (Å²) >= 11 is 0. The minimum atomic E-state index is -4.09. The highest BCUT2D eigenvalue weighted by atomic mass is 32.2. The molecular formula is C20H21FN2O6S. The average Bonchev–Trinajstić information content (AvgIpc) is 2.68. The maximum absolute atomic E-state index is 13.0. The van der Waals surface area contributed by atoms with E-state index in [2.05, 4.69) is 10.0 Å². The third-order valence-electron chi connectivity index (χ3n) is 4.01. The molecule has 1 amide bonds. The van der Waals surface area contributed by atoms with Crippen molar-refractivity contribution in [2.75, 3.05) is 5.32 Å². The predicted molar refractivity (Wildman–Crippen MR) is 107 cm³/mol. The van der Waals surface area contributed by atoms with Gasteiger partial charge in [0.05, 0.1) is 4.90 Å². The molecule has 160 valence electrons. The van der Waals surface area contributed by atoms with Crippen LogP contribution in [-0.2, 0) is 24.3 Å². The quantitative estimate of drug-likeness (QED) is 0.484.